The quantitative estimate of drug-likeness (QED) is 0.0631. The van der Waals surface area contributed by atoms with Gasteiger partial charge >= 0.3 is 5.97 Å². The van der Waals surface area contributed by atoms with Gasteiger partial charge in [0.25, 0.3) is 0 Å². The largest absolute Gasteiger partial charge is 0.432 e. The zero-order valence-electron chi connectivity index (χ0n) is 31.8. The molecule has 0 unspecified atom stereocenters. The van der Waals surface area contributed by atoms with E-state index in [2.05, 4.69) is 13.5 Å². The SMILES string of the molecule is C=C1C[C@@]23CC[C@H]4[C@](C)(CCC[C@@]4(C)C(=O)O[C@@H]4O[C@H](CO)[C@@H](O)[C@H](O)[C@H]4O)[C@H]2CC[C@]1(O[C@@H]1O[C@H](CO)[C@@H](O)[C@H](O)[C@H]1O[C@@H]1O[C@H](CO)[C@@H](O)[C@H](O)[C@H]1O)C3. The van der Waals surface area contributed by atoms with Crippen LogP contribution < -0.4 is 0 Å². The molecule has 320 valence electrons. The van der Waals surface area contributed by atoms with Crippen LogP contribution in [-0.2, 0) is 33.2 Å². The van der Waals surface area contributed by atoms with Gasteiger partial charge in [-0.05, 0) is 86.5 Å². The van der Waals surface area contributed by atoms with Crippen molar-refractivity contribution in [3.05, 3.63) is 12.2 Å². The Labute approximate surface area is 324 Å². The van der Waals surface area contributed by atoms with E-state index in [4.69, 9.17) is 28.4 Å². The first-order valence-corrected chi connectivity index (χ1v) is 19.9. The Morgan fingerprint density at radius 2 is 1.21 bits per heavy atom. The molecule has 0 radical (unpaired) electrons. The second kappa shape index (κ2) is 15.6. The van der Waals surface area contributed by atoms with E-state index in [0.29, 0.717) is 44.9 Å². The van der Waals surface area contributed by atoms with Crippen LogP contribution in [-0.4, -0.2) is 180 Å². The van der Waals surface area contributed by atoms with Crippen LogP contribution in [0, 0.1) is 28.1 Å². The van der Waals surface area contributed by atoms with Crippen molar-refractivity contribution in [2.45, 2.75) is 169 Å². The normalized spacial score (nSPS) is 54.6. The van der Waals surface area contributed by atoms with Crippen LogP contribution in [0.3, 0.4) is 0 Å². The maximum atomic E-state index is 14.1. The number of aliphatic hydroxyl groups is 11. The summed E-state index contributed by atoms with van der Waals surface area (Å²) in [4.78, 5) is 14.1. The molecule has 4 saturated carbocycles. The van der Waals surface area contributed by atoms with Gasteiger partial charge in [0.15, 0.2) is 12.6 Å². The van der Waals surface area contributed by atoms with E-state index in [-0.39, 0.29) is 22.7 Å². The summed E-state index contributed by atoms with van der Waals surface area (Å²) in [5.74, 6) is -0.591. The monoisotopic (exact) mass is 804 g/mol. The summed E-state index contributed by atoms with van der Waals surface area (Å²) in [6.07, 6.45) is -17.8. The Bertz CT molecular complexity index is 1450. The van der Waals surface area contributed by atoms with E-state index in [1.54, 1.807) is 0 Å². The predicted molar refractivity (Wildman–Crippen MR) is 186 cm³/mol. The van der Waals surface area contributed by atoms with Crippen LogP contribution >= 0.6 is 0 Å². The molecule has 2 bridgehead atoms. The third-order valence-electron chi connectivity index (χ3n) is 15.0. The molecule has 1 spiro atoms. The lowest BCUT2D eigenvalue weighted by Gasteiger charge is -2.64. The molecule has 0 aromatic rings. The number of hydrogen-bond donors (Lipinski definition) is 11. The van der Waals surface area contributed by atoms with E-state index in [9.17, 15) is 61.0 Å². The molecule has 3 heterocycles. The fourth-order valence-corrected chi connectivity index (χ4v) is 12.0. The standard InChI is InChI=1S/C38H60O18/c1-16-11-37-9-5-20-35(2,7-4-8-36(20,3)34(50)55-32-29(49)26(46)23(43)18(13-40)52-32)21(37)6-10-38(16,15-37)56-33-30(27(47)24(44)19(14-41)53-33)54-31-28(48)25(45)22(42)17(12-39)51-31/h17-33,39-49H,1,4-15H2,2-3H3/t17-,18-,19-,20+,21-,22-,23-,24-,25+,26+,27+,28-,29-,30-,31+,32+,33+,35+,36-,37-,38+/m1/s1. The fourth-order valence-electron chi connectivity index (χ4n) is 12.0. The molecule has 18 nitrogen and oxygen atoms in total. The van der Waals surface area contributed by atoms with Gasteiger partial charge in [0, 0.05) is 0 Å². The van der Waals surface area contributed by atoms with Crippen molar-refractivity contribution in [3.63, 3.8) is 0 Å². The van der Waals surface area contributed by atoms with Crippen molar-refractivity contribution in [3.8, 4) is 0 Å². The summed E-state index contributed by atoms with van der Waals surface area (Å²) >= 11 is 0. The van der Waals surface area contributed by atoms with E-state index in [1.165, 1.54) is 0 Å². The minimum absolute atomic E-state index is 0.121. The summed E-state index contributed by atoms with van der Waals surface area (Å²) in [5, 5.41) is 114. The highest BCUT2D eigenvalue weighted by molar-refractivity contribution is 5.77. The minimum Gasteiger partial charge on any atom is -0.432 e. The molecule has 0 amide bonds. The van der Waals surface area contributed by atoms with Crippen LogP contribution in [0.15, 0.2) is 12.2 Å². The lowest BCUT2D eigenvalue weighted by molar-refractivity contribution is -0.378. The lowest BCUT2D eigenvalue weighted by Crippen LogP contribution is -2.65. The summed E-state index contributed by atoms with van der Waals surface area (Å²) in [5.41, 5.74) is -1.80. The van der Waals surface area contributed by atoms with Crippen LogP contribution in [0.2, 0.25) is 0 Å². The lowest BCUT2D eigenvalue weighted by atomic mass is 9.41. The third-order valence-corrected chi connectivity index (χ3v) is 15.0. The average molecular weight is 805 g/mol. The van der Waals surface area contributed by atoms with Crippen molar-refractivity contribution in [1.29, 1.82) is 0 Å². The molecule has 7 rings (SSSR count). The van der Waals surface area contributed by atoms with E-state index < -0.39 is 129 Å². The van der Waals surface area contributed by atoms with Gasteiger partial charge in [0.2, 0.25) is 6.29 Å². The molecule has 56 heavy (non-hydrogen) atoms. The van der Waals surface area contributed by atoms with Gasteiger partial charge < -0.3 is 84.6 Å². The number of rotatable bonds is 9. The van der Waals surface area contributed by atoms with Crippen LogP contribution in [0.25, 0.3) is 0 Å². The summed E-state index contributed by atoms with van der Waals surface area (Å²) in [6.45, 7) is 6.52. The number of fused-ring (bicyclic) bond motifs is 3. The molecule has 0 aromatic carbocycles. The Morgan fingerprint density at radius 1 is 0.679 bits per heavy atom. The summed E-state index contributed by atoms with van der Waals surface area (Å²) in [6, 6.07) is 0. The van der Waals surface area contributed by atoms with E-state index in [1.807, 2.05) is 6.92 Å². The smallest absolute Gasteiger partial charge is 0.314 e. The fraction of sp³-hybridized carbons (Fsp3) is 0.921. The van der Waals surface area contributed by atoms with Gasteiger partial charge in [-0.25, -0.2) is 0 Å². The number of carbonyl (C=O) groups excluding carboxylic acids is 1. The van der Waals surface area contributed by atoms with Gasteiger partial charge in [-0.15, -0.1) is 0 Å². The first-order chi connectivity index (χ1) is 26.4. The number of carbonyl (C=O) groups is 1. The predicted octanol–water partition coefficient (Wildman–Crippen LogP) is -2.94. The second-order valence-electron chi connectivity index (χ2n) is 18.0. The average Bonchev–Trinajstić information content (AvgIpc) is 3.37. The van der Waals surface area contributed by atoms with E-state index in [0.717, 1.165) is 18.4 Å². The van der Waals surface area contributed by atoms with Gasteiger partial charge in [-0.2, -0.15) is 0 Å². The zero-order chi connectivity index (χ0) is 40.7. The molecule has 0 aromatic heterocycles. The molecule has 7 aliphatic rings. The molecule has 3 aliphatic heterocycles. The number of esters is 1. The molecule has 3 saturated heterocycles. The van der Waals surface area contributed by atoms with Crippen LogP contribution in [0.4, 0.5) is 0 Å². The Balaban J connectivity index is 1.10. The molecule has 11 N–H and O–H groups in total. The Hall–Kier alpha value is -1.43. The van der Waals surface area contributed by atoms with Gasteiger partial charge in [0.05, 0.1) is 30.8 Å². The zero-order valence-corrected chi connectivity index (χ0v) is 31.8. The summed E-state index contributed by atoms with van der Waals surface area (Å²) in [7, 11) is 0. The molecule has 4 aliphatic carbocycles. The second-order valence-corrected chi connectivity index (χ2v) is 18.0. The topological polar surface area (TPSA) is 295 Å². The molecular weight excluding hydrogens is 744 g/mol. The van der Waals surface area contributed by atoms with Crippen molar-refractivity contribution >= 4 is 5.97 Å². The van der Waals surface area contributed by atoms with Crippen molar-refractivity contribution < 1.29 is 89.4 Å². The number of ether oxygens (including phenoxy) is 6. The third kappa shape index (κ3) is 6.69. The first kappa shape index (κ1) is 42.7. The summed E-state index contributed by atoms with van der Waals surface area (Å²) < 4.78 is 35.6. The van der Waals surface area contributed by atoms with Gasteiger partial charge in [-0.3, -0.25) is 4.79 Å². The highest BCUT2D eigenvalue weighted by Crippen LogP contribution is 2.73. The van der Waals surface area contributed by atoms with Crippen LogP contribution in [0.1, 0.15) is 71.6 Å². The van der Waals surface area contributed by atoms with Crippen molar-refractivity contribution in [1.82, 2.24) is 0 Å². The number of hydrogen-bond acceptors (Lipinski definition) is 18. The molecular formula is C38H60O18. The minimum atomic E-state index is -1.81. The number of aliphatic hydroxyl groups excluding tert-OH is 11. The maximum Gasteiger partial charge on any atom is 0.314 e. The maximum absolute atomic E-state index is 14.1. The van der Waals surface area contributed by atoms with E-state index >= 15 is 0 Å². The van der Waals surface area contributed by atoms with Gasteiger partial charge in [0.1, 0.15) is 73.2 Å². The Morgan fingerprint density at radius 3 is 1.82 bits per heavy atom. The Kier molecular flexibility index (Phi) is 11.9. The first-order valence-electron chi connectivity index (χ1n) is 19.9. The van der Waals surface area contributed by atoms with Crippen LogP contribution in [0.5, 0.6) is 0 Å². The highest BCUT2D eigenvalue weighted by Gasteiger charge is 2.69. The molecule has 7 fully saturated rings. The highest BCUT2D eigenvalue weighted by atomic mass is 16.8. The molecule has 21 atom stereocenters. The van der Waals surface area contributed by atoms with Crippen molar-refractivity contribution in [2.24, 2.45) is 28.1 Å². The molecule has 18 heteroatoms. The van der Waals surface area contributed by atoms with Crippen molar-refractivity contribution in [2.75, 3.05) is 19.8 Å². The van der Waals surface area contributed by atoms with Gasteiger partial charge in [-0.1, -0.05) is 19.9 Å².